The summed E-state index contributed by atoms with van der Waals surface area (Å²) in [6.07, 6.45) is 1.02. The molecule has 0 aliphatic rings. The average Bonchev–Trinajstić information content (AvgIpc) is 2.73. The normalized spacial score (nSPS) is 12.4. The first-order chi connectivity index (χ1) is 14.3. The Morgan fingerprint density at radius 1 is 0.867 bits per heavy atom. The Bertz CT molecular complexity index is 1050. The third-order valence-corrected chi connectivity index (χ3v) is 5.96. The standard InChI is InChI=1S/C23H23FN2O3S/c1-17(26(30(2,28)29)21-15-13-20(24)14-16-21)23(27)25-22(18-9-5-3-6-10-18)19-11-7-4-8-12-19/h3-17,22H,1-2H3,(H,25,27). The lowest BCUT2D eigenvalue weighted by Crippen LogP contribution is -2.48. The number of nitrogens with one attached hydrogen (secondary N) is 1. The van der Waals surface area contributed by atoms with E-state index in [-0.39, 0.29) is 5.69 Å². The number of carbonyl (C=O) groups is 1. The van der Waals surface area contributed by atoms with Crippen molar-refractivity contribution in [1.82, 2.24) is 5.32 Å². The monoisotopic (exact) mass is 426 g/mol. The van der Waals surface area contributed by atoms with E-state index < -0.39 is 33.8 Å². The summed E-state index contributed by atoms with van der Waals surface area (Å²) >= 11 is 0. The van der Waals surface area contributed by atoms with Crippen molar-refractivity contribution in [3.63, 3.8) is 0 Å². The van der Waals surface area contributed by atoms with Gasteiger partial charge in [-0.05, 0) is 42.3 Å². The van der Waals surface area contributed by atoms with Crippen molar-refractivity contribution in [3.05, 3.63) is 102 Å². The van der Waals surface area contributed by atoms with Gasteiger partial charge in [0.1, 0.15) is 11.9 Å². The molecule has 0 saturated carbocycles. The highest BCUT2D eigenvalue weighted by atomic mass is 32.2. The van der Waals surface area contributed by atoms with Crippen LogP contribution in [0.2, 0.25) is 0 Å². The van der Waals surface area contributed by atoms with Gasteiger partial charge in [0.05, 0.1) is 18.0 Å². The Hall–Kier alpha value is -3.19. The number of anilines is 1. The summed E-state index contributed by atoms with van der Waals surface area (Å²) < 4.78 is 39.2. The molecular weight excluding hydrogens is 403 g/mol. The maximum absolute atomic E-state index is 13.3. The first-order valence-electron chi connectivity index (χ1n) is 9.42. The topological polar surface area (TPSA) is 66.5 Å². The Balaban J connectivity index is 1.93. The molecule has 0 radical (unpaired) electrons. The minimum atomic E-state index is -3.79. The van der Waals surface area contributed by atoms with Gasteiger partial charge in [0, 0.05) is 0 Å². The van der Waals surface area contributed by atoms with Crippen molar-refractivity contribution in [2.75, 3.05) is 10.6 Å². The Kier molecular flexibility index (Phi) is 6.52. The Morgan fingerprint density at radius 3 is 1.77 bits per heavy atom. The fourth-order valence-corrected chi connectivity index (χ4v) is 4.48. The molecule has 30 heavy (non-hydrogen) atoms. The van der Waals surface area contributed by atoms with Crippen LogP contribution in [0.4, 0.5) is 10.1 Å². The summed E-state index contributed by atoms with van der Waals surface area (Å²) in [6, 6.07) is 22.4. The number of benzene rings is 3. The third kappa shape index (κ3) is 5.04. The molecule has 5 nitrogen and oxygen atoms in total. The van der Waals surface area contributed by atoms with Gasteiger partial charge in [-0.1, -0.05) is 60.7 Å². The van der Waals surface area contributed by atoms with Crippen molar-refractivity contribution in [3.8, 4) is 0 Å². The van der Waals surface area contributed by atoms with Crippen LogP contribution in [-0.2, 0) is 14.8 Å². The molecule has 3 rings (SSSR count). The van der Waals surface area contributed by atoms with Crippen LogP contribution in [0.15, 0.2) is 84.9 Å². The molecule has 1 unspecified atom stereocenters. The van der Waals surface area contributed by atoms with Gasteiger partial charge >= 0.3 is 0 Å². The van der Waals surface area contributed by atoms with Gasteiger partial charge in [-0.2, -0.15) is 0 Å². The number of rotatable bonds is 7. The Morgan fingerprint density at radius 2 is 1.33 bits per heavy atom. The summed E-state index contributed by atoms with van der Waals surface area (Å²) in [5, 5.41) is 2.96. The van der Waals surface area contributed by atoms with Crippen LogP contribution in [0.1, 0.15) is 24.1 Å². The van der Waals surface area contributed by atoms with Crippen molar-refractivity contribution in [2.45, 2.75) is 19.0 Å². The molecule has 0 aliphatic carbocycles. The SMILES string of the molecule is CC(C(=O)NC(c1ccccc1)c1ccccc1)N(c1ccc(F)cc1)S(C)(=O)=O. The lowest BCUT2D eigenvalue weighted by atomic mass is 9.98. The lowest BCUT2D eigenvalue weighted by molar-refractivity contribution is -0.122. The molecule has 0 saturated heterocycles. The second kappa shape index (κ2) is 9.09. The molecule has 1 atom stereocenters. The molecule has 0 spiro atoms. The van der Waals surface area contributed by atoms with Gasteiger partial charge in [-0.25, -0.2) is 12.8 Å². The maximum Gasteiger partial charge on any atom is 0.244 e. The molecule has 0 aliphatic heterocycles. The fourth-order valence-electron chi connectivity index (χ4n) is 3.31. The summed E-state index contributed by atoms with van der Waals surface area (Å²) in [6.45, 7) is 1.51. The first kappa shape index (κ1) is 21.5. The smallest absolute Gasteiger partial charge is 0.244 e. The highest BCUT2D eigenvalue weighted by Gasteiger charge is 2.30. The predicted molar refractivity (Wildman–Crippen MR) is 116 cm³/mol. The zero-order chi connectivity index (χ0) is 21.7. The maximum atomic E-state index is 13.3. The molecule has 0 bridgehead atoms. The van der Waals surface area contributed by atoms with E-state index in [1.807, 2.05) is 60.7 Å². The largest absolute Gasteiger partial charge is 0.343 e. The van der Waals surface area contributed by atoms with Crippen LogP contribution in [0.25, 0.3) is 0 Å². The highest BCUT2D eigenvalue weighted by Crippen LogP contribution is 2.24. The van der Waals surface area contributed by atoms with Crippen LogP contribution < -0.4 is 9.62 Å². The molecule has 7 heteroatoms. The van der Waals surface area contributed by atoms with Crippen molar-refractivity contribution < 1.29 is 17.6 Å². The van der Waals surface area contributed by atoms with E-state index in [2.05, 4.69) is 5.32 Å². The van der Waals surface area contributed by atoms with Gasteiger partial charge in [0.25, 0.3) is 0 Å². The van der Waals surface area contributed by atoms with Gasteiger partial charge in [0.15, 0.2) is 0 Å². The molecule has 1 N–H and O–H groups in total. The number of hydrogen-bond donors (Lipinski definition) is 1. The highest BCUT2D eigenvalue weighted by molar-refractivity contribution is 7.92. The molecule has 0 heterocycles. The van der Waals surface area contributed by atoms with E-state index in [0.29, 0.717) is 0 Å². The van der Waals surface area contributed by atoms with Crippen LogP contribution in [0, 0.1) is 5.82 Å². The van der Waals surface area contributed by atoms with E-state index >= 15 is 0 Å². The van der Waals surface area contributed by atoms with Crippen LogP contribution in [0.5, 0.6) is 0 Å². The number of nitrogens with zero attached hydrogens (tertiary/aromatic N) is 1. The van der Waals surface area contributed by atoms with Crippen molar-refractivity contribution in [2.24, 2.45) is 0 Å². The van der Waals surface area contributed by atoms with Crippen molar-refractivity contribution in [1.29, 1.82) is 0 Å². The summed E-state index contributed by atoms with van der Waals surface area (Å²) in [7, 11) is -3.79. The number of carbonyl (C=O) groups excluding carboxylic acids is 1. The zero-order valence-electron chi connectivity index (χ0n) is 16.7. The Labute approximate surface area is 176 Å². The van der Waals surface area contributed by atoms with E-state index in [9.17, 15) is 17.6 Å². The third-order valence-electron chi connectivity index (χ3n) is 4.72. The number of sulfonamides is 1. The summed E-state index contributed by atoms with van der Waals surface area (Å²) in [4.78, 5) is 13.1. The fraction of sp³-hybridized carbons (Fsp3) is 0.174. The zero-order valence-corrected chi connectivity index (χ0v) is 17.5. The van der Waals surface area contributed by atoms with Crippen molar-refractivity contribution >= 4 is 21.6 Å². The quantitative estimate of drug-likeness (QED) is 0.623. The van der Waals surface area contributed by atoms with Gasteiger partial charge in [-0.3, -0.25) is 9.10 Å². The molecule has 0 fully saturated rings. The van der Waals surface area contributed by atoms with Crippen LogP contribution in [-0.4, -0.2) is 26.6 Å². The summed E-state index contributed by atoms with van der Waals surface area (Å²) in [5.41, 5.74) is 1.96. The van der Waals surface area contributed by atoms with Gasteiger partial charge in [-0.15, -0.1) is 0 Å². The van der Waals surface area contributed by atoms with E-state index in [1.54, 1.807) is 0 Å². The average molecular weight is 427 g/mol. The second-order valence-electron chi connectivity index (χ2n) is 6.97. The van der Waals surface area contributed by atoms with E-state index in [0.717, 1.165) is 33.8 Å². The molecule has 3 aromatic carbocycles. The molecule has 3 aromatic rings. The minimum Gasteiger partial charge on any atom is -0.343 e. The van der Waals surface area contributed by atoms with Gasteiger partial charge in [0.2, 0.25) is 15.9 Å². The minimum absolute atomic E-state index is 0.220. The van der Waals surface area contributed by atoms with Gasteiger partial charge < -0.3 is 5.32 Å². The first-order valence-corrected chi connectivity index (χ1v) is 11.3. The number of hydrogen-bond acceptors (Lipinski definition) is 3. The van der Waals surface area contributed by atoms with Crippen LogP contribution >= 0.6 is 0 Å². The molecular formula is C23H23FN2O3S. The molecule has 156 valence electrons. The van der Waals surface area contributed by atoms with Crippen LogP contribution in [0.3, 0.4) is 0 Å². The molecule has 0 aromatic heterocycles. The predicted octanol–water partition coefficient (Wildman–Crippen LogP) is 3.89. The molecule has 1 amide bonds. The number of halogens is 1. The lowest BCUT2D eigenvalue weighted by Gasteiger charge is -2.30. The number of amides is 1. The summed E-state index contributed by atoms with van der Waals surface area (Å²) in [5.74, 6) is -0.958. The van der Waals surface area contributed by atoms with E-state index in [1.165, 1.54) is 19.1 Å². The van der Waals surface area contributed by atoms with E-state index in [4.69, 9.17) is 0 Å². The second-order valence-corrected chi connectivity index (χ2v) is 8.83.